The summed E-state index contributed by atoms with van der Waals surface area (Å²) in [6.07, 6.45) is 0.327. The van der Waals surface area contributed by atoms with Crippen LogP contribution in [0.3, 0.4) is 0 Å². The lowest BCUT2D eigenvalue weighted by Crippen LogP contribution is -2.20. The first-order valence-corrected chi connectivity index (χ1v) is 3.22. The molecule has 0 rings (SSSR count). The van der Waals surface area contributed by atoms with Crippen LogP contribution in [0.15, 0.2) is 0 Å². The normalized spacial score (nSPS) is 15.3. The van der Waals surface area contributed by atoms with Crippen molar-refractivity contribution in [3.05, 3.63) is 0 Å². The van der Waals surface area contributed by atoms with E-state index in [4.69, 9.17) is 10.00 Å². The molecule has 3 nitrogen and oxygen atoms in total. The third-order valence-electron chi connectivity index (χ3n) is 1.23. The minimum atomic E-state index is -0.625. The van der Waals surface area contributed by atoms with Gasteiger partial charge in [0.1, 0.15) is 12.2 Å². The topological polar surface area (TPSA) is 50.1 Å². The number of nitrogens with zero attached hydrogens (tertiary/aromatic N) is 1. The zero-order valence-corrected chi connectivity index (χ0v) is 6.20. The van der Waals surface area contributed by atoms with Gasteiger partial charge in [-0.05, 0) is 13.8 Å². The van der Waals surface area contributed by atoms with E-state index < -0.39 is 5.92 Å². The van der Waals surface area contributed by atoms with E-state index >= 15 is 0 Å². The summed E-state index contributed by atoms with van der Waals surface area (Å²) < 4.78 is 5.03. The van der Waals surface area contributed by atoms with Gasteiger partial charge in [-0.1, -0.05) is 0 Å². The van der Waals surface area contributed by atoms with Gasteiger partial charge in [-0.25, -0.2) is 0 Å². The molecule has 0 bridgehead atoms. The molecule has 0 amide bonds. The second-order valence-electron chi connectivity index (χ2n) is 1.95. The van der Waals surface area contributed by atoms with Crippen LogP contribution in [0.1, 0.15) is 13.8 Å². The summed E-state index contributed by atoms with van der Waals surface area (Å²) in [5.74, 6) is -0.625. The molecule has 0 spiro atoms. The van der Waals surface area contributed by atoms with Crippen LogP contribution in [0.25, 0.3) is 0 Å². The lowest BCUT2D eigenvalue weighted by atomic mass is 10.1. The summed E-state index contributed by atoms with van der Waals surface area (Å²) in [6, 6.07) is 1.84. The summed E-state index contributed by atoms with van der Waals surface area (Å²) in [4.78, 5) is 10.1. The highest BCUT2D eigenvalue weighted by atomic mass is 16.5. The number of carbonyl (C=O) groups is 1. The Labute approximate surface area is 60.6 Å². The van der Waals surface area contributed by atoms with Gasteiger partial charge in [-0.15, -0.1) is 0 Å². The SMILES string of the molecule is CCOC(C)C(C#N)C=O. The fourth-order valence-electron chi connectivity index (χ4n) is 0.613. The number of aldehydes is 1. The molecule has 0 aliphatic rings. The number of hydrogen-bond acceptors (Lipinski definition) is 3. The fraction of sp³-hybridized carbons (Fsp3) is 0.714. The molecule has 0 aromatic carbocycles. The van der Waals surface area contributed by atoms with E-state index in [-0.39, 0.29) is 6.10 Å². The van der Waals surface area contributed by atoms with Crippen molar-refractivity contribution in [3.63, 3.8) is 0 Å². The number of hydrogen-bond donors (Lipinski definition) is 0. The quantitative estimate of drug-likeness (QED) is 0.543. The van der Waals surface area contributed by atoms with Crippen molar-refractivity contribution in [2.75, 3.05) is 6.61 Å². The van der Waals surface area contributed by atoms with E-state index in [1.54, 1.807) is 6.92 Å². The minimum Gasteiger partial charge on any atom is -0.377 e. The highest BCUT2D eigenvalue weighted by molar-refractivity contribution is 5.58. The molecule has 0 fully saturated rings. The van der Waals surface area contributed by atoms with E-state index in [2.05, 4.69) is 0 Å². The maximum Gasteiger partial charge on any atom is 0.139 e. The molecule has 10 heavy (non-hydrogen) atoms. The molecule has 0 saturated heterocycles. The molecule has 56 valence electrons. The summed E-state index contributed by atoms with van der Waals surface area (Å²) in [5, 5.41) is 8.36. The minimum absolute atomic E-state index is 0.285. The Morgan fingerprint density at radius 1 is 1.80 bits per heavy atom. The van der Waals surface area contributed by atoms with Gasteiger partial charge in [-0.2, -0.15) is 5.26 Å². The Hall–Kier alpha value is -0.880. The first-order valence-electron chi connectivity index (χ1n) is 3.22. The number of rotatable bonds is 4. The third-order valence-corrected chi connectivity index (χ3v) is 1.23. The second kappa shape index (κ2) is 4.95. The number of nitriles is 1. The van der Waals surface area contributed by atoms with Crippen LogP contribution < -0.4 is 0 Å². The van der Waals surface area contributed by atoms with E-state index in [0.717, 1.165) is 0 Å². The molecule has 2 unspecified atom stereocenters. The maximum absolute atomic E-state index is 10.1. The van der Waals surface area contributed by atoms with Crippen LogP contribution in [0.4, 0.5) is 0 Å². The molecule has 0 aromatic rings. The third kappa shape index (κ3) is 2.60. The maximum atomic E-state index is 10.1. The van der Waals surface area contributed by atoms with Gasteiger partial charge < -0.3 is 9.53 Å². The summed E-state index contributed by atoms with van der Waals surface area (Å²) >= 11 is 0. The van der Waals surface area contributed by atoms with Crippen LogP contribution in [-0.4, -0.2) is 19.0 Å². The van der Waals surface area contributed by atoms with E-state index in [9.17, 15) is 4.79 Å². The first kappa shape index (κ1) is 9.12. The van der Waals surface area contributed by atoms with E-state index in [1.165, 1.54) is 0 Å². The van der Waals surface area contributed by atoms with Crippen molar-refractivity contribution in [1.29, 1.82) is 5.26 Å². The van der Waals surface area contributed by atoms with Gasteiger partial charge in [0.25, 0.3) is 0 Å². The van der Waals surface area contributed by atoms with Crippen molar-refractivity contribution in [2.24, 2.45) is 5.92 Å². The van der Waals surface area contributed by atoms with Crippen LogP contribution >= 0.6 is 0 Å². The van der Waals surface area contributed by atoms with Crippen LogP contribution in [0, 0.1) is 17.2 Å². The number of carbonyl (C=O) groups excluding carboxylic acids is 1. The average molecular weight is 141 g/mol. The Morgan fingerprint density at radius 2 is 2.40 bits per heavy atom. The van der Waals surface area contributed by atoms with E-state index in [1.807, 2.05) is 13.0 Å². The lowest BCUT2D eigenvalue weighted by Gasteiger charge is -2.11. The van der Waals surface area contributed by atoms with Gasteiger partial charge in [-0.3, -0.25) is 0 Å². The first-order chi connectivity index (χ1) is 4.76. The number of ether oxygens (including phenoxy) is 1. The molecular formula is C7H11NO2. The predicted molar refractivity (Wildman–Crippen MR) is 36.3 cm³/mol. The molecule has 0 saturated carbocycles. The van der Waals surface area contributed by atoms with Crippen molar-refractivity contribution >= 4 is 6.29 Å². The lowest BCUT2D eigenvalue weighted by molar-refractivity contribution is -0.113. The van der Waals surface area contributed by atoms with E-state index in [0.29, 0.717) is 12.9 Å². The molecule has 0 aliphatic carbocycles. The van der Waals surface area contributed by atoms with Gasteiger partial charge in [0.2, 0.25) is 0 Å². The largest absolute Gasteiger partial charge is 0.377 e. The molecule has 0 N–H and O–H groups in total. The molecule has 3 heteroatoms. The molecule has 0 aromatic heterocycles. The van der Waals surface area contributed by atoms with Gasteiger partial charge in [0.15, 0.2) is 0 Å². The molecule has 2 atom stereocenters. The van der Waals surface area contributed by atoms with Crippen LogP contribution in [0.2, 0.25) is 0 Å². The van der Waals surface area contributed by atoms with Crippen molar-refractivity contribution in [2.45, 2.75) is 20.0 Å². The molecule has 0 heterocycles. The van der Waals surface area contributed by atoms with Crippen molar-refractivity contribution in [3.8, 4) is 6.07 Å². The van der Waals surface area contributed by atoms with Gasteiger partial charge in [0, 0.05) is 6.61 Å². The van der Waals surface area contributed by atoms with Crippen molar-refractivity contribution < 1.29 is 9.53 Å². The Balaban J connectivity index is 3.79. The second-order valence-corrected chi connectivity index (χ2v) is 1.95. The van der Waals surface area contributed by atoms with Crippen LogP contribution in [0.5, 0.6) is 0 Å². The van der Waals surface area contributed by atoms with Gasteiger partial charge in [0.05, 0.1) is 12.2 Å². The highest BCUT2D eigenvalue weighted by Gasteiger charge is 2.14. The van der Waals surface area contributed by atoms with Crippen LogP contribution in [-0.2, 0) is 9.53 Å². The molecule has 0 radical (unpaired) electrons. The Bertz CT molecular complexity index is 139. The summed E-state index contributed by atoms with van der Waals surface area (Å²) in [6.45, 7) is 4.08. The Kier molecular flexibility index (Phi) is 4.51. The zero-order chi connectivity index (χ0) is 7.98. The highest BCUT2D eigenvalue weighted by Crippen LogP contribution is 2.02. The summed E-state index contributed by atoms with van der Waals surface area (Å²) in [7, 11) is 0. The average Bonchev–Trinajstić information content (AvgIpc) is 1.91. The zero-order valence-electron chi connectivity index (χ0n) is 6.20. The predicted octanol–water partition coefficient (Wildman–Crippen LogP) is 0.750. The molecule has 0 aliphatic heterocycles. The smallest absolute Gasteiger partial charge is 0.139 e. The summed E-state index contributed by atoms with van der Waals surface area (Å²) in [5.41, 5.74) is 0. The standard InChI is InChI=1S/C7H11NO2/c1-3-10-6(2)7(4-8)5-9/h5-7H,3H2,1-2H3. The Morgan fingerprint density at radius 3 is 2.70 bits per heavy atom. The van der Waals surface area contributed by atoms with Crippen molar-refractivity contribution in [1.82, 2.24) is 0 Å². The monoisotopic (exact) mass is 141 g/mol. The fourth-order valence-corrected chi connectivity index (χ4v) is 0.613. The van der Waals surface area contributed by atoms with Gasteiger partial charge >= 0.3 is 0 Å². The molecular weight excluding hydrogens is 130 g/mol.